The minimum atomic E-state index is 0.0142. The summed E-state index contributed by atoms with van der Waals surface area (Å²) in [6.45, 7) is 8.18. The number of likely N-dealkylation sites (N-methyl/N-ethyl adjacent to an activating group) is 1. The van der Waals surface area contributed by atoms with Crippen molar-refractivity contribution in [3.63, 3.8) is 0 Å². The number of thiocarbonyl (C=S) groups is 1. The predicted molar refractivity (Wildman–Crippen MR) is 81.4 cm³/mol. The molecule has 0 spiro atoms. The maximum atomic E-state index is 12.2. The molecule has 2 fully saturated rings. The molecule has 0 bridgehead atoms. The van der Waals surface area contributed by atoms with Gasteiger partial charge in [0.2, 0.25) is 0 Å². The van der Waals surface area contributed by atoms with Gasteiger partial charge in [-0.2, -0.15) is 0 Å². The molecule has 1 N–H and O–H groups in total. The Balaban J connectivity index is 2.00. The van der Waals surface area contributed by atoms with Gasteiger partial charge in [0.05, 0.1) is 4.99 Å². The van der Waals surface area contributed by atoms with E-state index in [1.807, 2.05) is 4.90 Å². The number of amides is 2. The summed E-state index contributed by atoms with van der Waals surface area (Å²) in [6, 6.07) is 0.353. The minimum absolute atomic E-state index is 0.0142. The van der Waals surface area contributed by atoms with Crippen LogP contribution in [0.25, 0.3) is 0 Å². The van der Waals surface area contributed by atoms with E-state index in [1.165, 1.54) is 12.8 Å². The standard InChI is InChI=1S/C14H25N3OS/c1-3-16(4-2)9-10-17-12-8-6-5-7-11(12)13(19)15-14(17)18/h11-12H,3-10H2,1-2H3,(H,15,18,19). The molecular weight excluding hydrogens is 258 g/mol. The Bertz CT molecular complexity index is 344. The Hall–Kier alpha value is -0.680. The Morgan fingerprint density at radius 3 is 2.68 bits per heavy atom. The predicted octanol–water partition coefficient (Wildman–Crippen LogP) is 2.24. The Kier molecular flexibility index (Phi) is 5.16. The summed E-state index contributed by atoms with van der Waals surface area (Å²) in [5.41, 5.74) is 0. The fourth-order valence-corrected chi connectivity index (χ4v) is 3.63. The molecule has 1 saturated heterocycles. The summed E-state index contributed by atoms with van der Waals surface area (Å²) in [4.78, 5) is 17.3. The van der Waals surface area contributed by atoms with Gasteiger partial charge < -0.3 is 15.1 Å². The zero-order chi connectivity index (χ0) is 13.8. The highest BCUT2D eigenvalue weighted by molar-refractivity contribution is 7.80. The van der Waals surface area contributed by atoms with Crippen LogP contribution in [0.5, 0.6) is 0 Å². The Labute approximate surface area is 121 Å². The third-order valence-corrected chi connectivity index (χ3v) is 4.91. The highest BCUT2D eigenvalue weighted by Crippen LogP contribution is 2.31. The van der Waals surface area contributed by atoms with E-state index in [9.17, 15) is 4.79 Å². The number of carbonyl (C=O) groups excluding carboxylic acids is 1. The van der Waals surface area contributed by atoms with Gasteiger partial charge in [-0.05, 0) is 25.9 Å². The van der Waals surface area contributed by atoms with Crippen molar-refractivity contribution in [3.05, 3.63) is 0 Å². The van der Waals surface area contributed by atoms with E-state index >= 15 is 0 Å². The molecule has 2 amide bonds. The van der Waals surface area contributed by atoms with Crippen LogP contribution in [0.15, 0.2) is 0 Å². The zero-order valence-corrected chi connectivity index (χ0v) is 12.8. The first-order chi connectivity index (χ1) is 9.17. The number of rotatable bonds is 5. The number of fused-ring (bicyclic) bond motifs is 1. The molecule has 1 saturated carbocycles. The van der Waals surface area contributed by atoms with Crippen molar-refractivity contribution in [1.82, 2.24) is 15.1 Å². The molecule has 1 aliphatic carbocycles. The Morgan fingerprint density at radius 2 is 2.00 bits per heavy atom. The van der Waals surface area contributed by atoms with Gasteiger partial charge in [0.25, 0.3) is 0 Å². The molecule has 4 nitrogen and oxygen atoms in total. The van der Waals surface area contributed by atoms with Gasteiger partial charge in [0, 0.05) is 25.0 Å². The number of carbonyl (C=O) groups is 1. The Morgan fingerprint density at radius 1 is 1.32 bits per heavy atom. The lowest BCUT2D eigenvalue weighted by molar-refractivity contribution is 0.121. The van der Waals surface area contributed by atoms with Crippen LogP contribution in [0.2, 0.25) is 0 Å². The molecule has 5 heteroatoms. The molecule has 0 aromatic heterocycles. The summed E-state index contributed by atoms with van der Waals surface area (Å²) in [6.07, 6.45) is 4.70. The summed E-state index contributed by atoms with van der Waals surface area (Å²) < 4.78 is 0. The molecular formula is C14H25N3OS. The van der Waals surface area contributed by atoms with Crippen molar-refractivity contribution in [1.29, 1.82) is 0 Å². The van der Waals surface area contributed by atoms with Crippen LogP contribution in [0.3, 0.4) is 0 Å². The van der Waals surface area contributed by atoms with E-state index in [2.05, 4.69) is 24.1 Å². The molecule has 19 heavy (non-hydrogen) atoms. The van der Waals surface area contributed by atoms with Gasteiger partial charge in [-0.25, -0.2) is 4.79 Å². The molecule has 1 heterocycles. The number of urea groups is 1. The van der Waals surface area contributed by atoms with Crippen molar-refractivity contribution >= 4 is 23.2 Å². The normalized spacial score (nSPS) is 27.4. The van der Waals surface area contributed by atoms with E-state index in [0.29, 0.717) is 12.0 Å². The summed E-state index contributed by atoms with van der Waals surface area (Å²) in [5.74, 6) is 0.387. The number of nitrogens with one attached hydrogen (secondary N) is 1. The van der Waals surface area contributed by atoms with Crippen molar-refractivity contribution in [3.8, 4) is 0 Å². The van der Waals surface area contributed by atoms with Crippen LogP contribution < -0.4 is 5.32 Å². The topological polar surface area (TPSA) is 35.6 Å². The fourth-order valence-electron chi connectivity index (χ4n) is 3.27. The highest BCUT2D eigenvalue weighted by Gasteiger charge is 2.39. The third-order valence-electron chi connectivity index (χ3n) is 4.51. The van der Waals surface area contributed by atoms with Gasteiger partial charge in [0.15, 0.2) is 0 Å². The summed E-state index contributed by atoms with van der Waals surface area (Å²) in [5, 5.41) is 2.89. The second kappa shape index (κ2) is 6.66. The molecule has 1 aliphatic heterocycles. The largest absolute Gasteiger partial charge is 0.322 e. The lowest BCUT2D eigenvalue weighted by atomic mass is 9.82. The van der Waals surface area contributed by atoms with Gasteiger partial charge >= 0.3 is 6.03 Å². The number of hydrogen-bond donors (Lipinski definition) is 1. The number of nitrogens with zero attached hydrogens (tertiary/aromatic N) is 2. The van der Waals surface area contributed by atoms with E-state index in [4.69, 9.17) is 12.2 Å². The van der Waals surface area contributed by atoms with E-state index < -0.39 is 0 Å². The van der Waals surface area contributed by atoms with Crippen LogP contribution >= 0.6 is 12.2 Å². The zero-order valence-electron chi connectivity index (χ0n) is 12.0. The van der Waals surface area contributed by atoms with Crippen LogP contribution in [-0.4, -0.2) is 53.0 Å². The molecule has 0 radical (unpaired) electrons. The minimum Gasteiger partial charge on any atom is -0.320 e. The van der Waals surface area contributed by atoms with E-state index in [0.717, 1.165) is 44.0 Å². The average molecular weight is 283 g/mol. The van der Waals surface area contributed by atoms with E-state index in [-0.39, 0.29) is 6.03 Å². The molecule has 108 valence electrons. The lowest BCUT2D eigenvalue weighted by Gasteiger charge is -2.44. The van der Waals surface area contributed by atoms with Gasteiger partial charge in [0.1, 0.15) is 0 Å². The van der Waals surface area contributed by atoms with Crippen LogP contribution in [0.1, 0.15) is 39.5 Å². The molecule has 0 aromatic carbocycles. The summed E-state index contributed by atoms with van der Waals surface area (Å²) in [7, 11) is 0. The quantitative estimate of drug-likeness (QED) is 0.786. The third kappa shape index (κ3) is 3.26. The van der Waals surface area contributed by atoms with Crippen molar-refractivity contribution < 1.29 is 4.79 Å². The van der Waals surface area contributed by atoms with Gasteiger partial charge in [-0.15, -0.1) is 0 Å². The molecule has 0 aromatic rings. The van der Waals surface area contributed by atoms with Crippen LogP contribution in [0.4, 0.5) is 4.79 Å². The van der Waals surface area contributed by atoms with Crippen LogP contribution in [-0.2, 0) is 0 Å². The first kappa shape index (κ1) is 14.7. The first-order valence-electron chi connectivity index (χ1n) is 7.51. The lowest BCUT2D eigenvalue weighted by Crippen LogP contribution is -2.61. The van der Waals surface area contributed by atoms with Crippen molar-refractivity contribution in [2.75, 3.05) is 26.2 Å². The van der Waals surface area contributed by atoms with Crippen molar-refractivity contribution in [2.45, 2.75) is 45.6 Å². The summed E-state index contributed by atoms with van der Waals surface area (Å²) >= 11 is 5.35. The first-order valence-corrected chi connectivity index (χ1v) is 7.92. The molecule has 2 atom stereocenters. The van der Waals surface area contributed by atoms with Crippen LogP contribution in [0, 0.1) is 5.92 Å². The molecule has 2 aliphatic rings. The SMILES string of the molecule is CCN(CC)CCN1C(=O)NC(=S)C2CCCCC21. The molecule has 2 unspecified atom stereocenters. The maximum absolute atomic E-state index is 12.2. The molecule has 2 rings (SSSR count). The van der Waals surface area contributed by atoms with Crippen molar-refractivity contribution in [2.24, 2.45) is 5.92 Å². The maximum Gasteiger partial charge on any atom is 0.322 e. The fraction of sp³-hybridized carbons (Fsp3) is 0.857. The van der Waals surface area contributed by atoms with Gasteiger partial charge in [-0.1, -0.05) is 38.9 Å². The van der Waals surface area contributed by atoms with E-state index in [1.54, 1.807) is 0 Å². The average Bonchev–Trinajstić information content (AvgIpc) is 2.43. The second-order valence-corrected chi connectivity index (χ2v) is 5.91. The smallest absolute Gasteiger partial charge is 0.320 e. The second-order valence-electron chi connectivity index (χ2n) is 5.47. The number of hydrogen-bond acceptors (Lipinski definition) is 3. The van der Waals surface area contributed by atoms with Gasteiger partial charge in [-0.3, -0.25) is 0 Å². The monoisotopic (exact) mass is 283 g/mol. The highest BCUT2D eigenvalue weighted by atomic mass is 32.1.